The predicted octanol–water partition coefficient (Wildman–Crippen LogP) is 4.59. The molecular formula is C22H20F10O10. The minimum absolute atomic E-state index is 0.157. The number of carbonyl (C=O) groups excluding carboxylic acids is 4. The van der Waals surface area contributed by atoms with Gasteiger partial charge in [0.15, 0.2) is 25.2 Å². The van der Waals surface area contributed by atoms with Crippen LogP contribution in [0.4, 0.5) is 43.9 Å². The van der Waals surface area contributed by atoms with E-state index in [1.807, 2.05) is 0 Å². The molecular weight excluding hydrogens is 614 g/mol. The minimum atomic E-state index is -6.32. The van der Waals surface area contributed by atoms with E-state index < -0.39 is 97.9 Å². The number of hydrogen-bond donors (Lipinski definition) is 0. The van der Waals surface area contributed by atoms with Crippen LogP contribution in [0.25, 0.3) is 0 Å². The number of benzene rings is 1. The van der Waals surface area contributed by atoms with Crippen molar-refractivity contribution in [1.29, 1.82) is 0 Å². The molecule has 0 saturated heterocycles. The number of rotatable bonds is 14. The second kappa shape index (κ2) is 14.5. The monoisotopic (exact) mass is 634 g/mol. The van der Waals surface area contributed by atoms with Gasteiger partial charge in [-0.2, -0.15) is 35.1 Å². The third-order valence-electron chi connectivity index (χ3n) is 4.92. The number of esters is 4. The van der Waals surface area contributed by atoms with Gasteiger partial charge in [-0.3, -0.25) is 14.3 Å². The van der Waals surface area contributed by atoms with Crippen molar-refractivity contribution >= 4 is 23.9 Å². The lowest BCUT2D eigenvalue weighted by Crippen LogP contribution is -2.53. The van der Waals surface area contributed by atoms with E-state index >= 15 is 0 Å². The molecule has 3 atom stereocenters. The number of hydrogen-bond acceptors (Lipinski definition) is 10. The lowest BCUT2D eigenvalue weighted by Gasteiger charge is -2.26. The second-order valence-electron chi connectivity index (χ2n) is 7.75. The summed E-state index contributed by atoms with van der Waals surface area (Å²) in [7, 11) is 0. The highest BCUT2D eigenvalue weighted by atomic mass is 19.4. The van der Waals surface area contributed by atoms with E-state index in [9.17, 15) is 63.1 Å². The lowest BCUT2D eigenvalue weighted by atomic mass is 10.1. The van der Waals surface area contributed by atoms with Gasteiger partial charge in [0, 0.05) is 0 Å². The molecule has 0 heterocycles. The smallest absolute Gasteiger partial charge is 0.460 e. The van der Waals surface area contributed by atoms with E-state index in [1.54, 1.807) is 6.92 Å². The van der Waals surface area contributed by atoms with E-state index in [-0.39, 0.29) is 12.1 Å². The van der Waals surface area contributed by atoms with Crippen LogP contribution < -0.4 is 9.47 Å². The van der Waals surface area contributed by atoms with Crippen molar-refractivity contribution in [3.63, 3.8) is 0 Å². The fourth-order valence-corrected chi connectivity index (χ4v) is 2.46. The Morgan fingerprint density at radius 3 is 1.62 bits per heavy atom. The standard InChI is InChI=1S/C22H20F10O10/c1-3-11(2)15(33)37-6-7-38-16(34)12-4-5-13(41-17(35)19(25,39-9-23)21(27,28)29)14(8-12)42-18(36)20(26,40-10-24)22(30,31)32/h4-5,8,11H,3,6-7,9-10H2,1-2H3. The largest absolute Gasteiger partial charge is 0.462 e. The van der Waals surface area contributed by atoms with Crippen molar-refractivity contribution in [2.24, 2.45) is 5.92 Å². The first-order valence-electron chi connectivity index (χ1n) is 11.1. The van der Waals surface area contributed by atoms with Crippen LogP contribution in [0.5, 0.6) is 11.5 Å². The first-order valence-corrected chi connectivity index (χ1v) is 11.1. The Kier molecular flexibility index (Phi) is 12.5. The quantitative estimate of drug-likeness (QED) is 0.124. The van der Waals surface area contributed by atoms with Gasteiger partial charge < -0.3 is 18.9 Å². The van der Waals surface area contributed by atoms with E-state index in [4.69, 9.17) is 9.47 Å². The molecule has 0 radical (unpaired) electrons. The summed E-state index contributed by atoms with van der Waals surface area (Å²) in [5.41, 5.74) is -0.823. The Hall–Kier alpha value is -3.68. The normalized spacial score (nSPS) is 15.5. The highest BCUT2D eigenvalue weighted by Gasteiger charge is 2.67. The van der Waals surface area contributed by atoms with Crippen LogP contribution in [0.15, 0.2) is 18.2 Å². The summed E-state index contributed by atoms with van der Waals surface area (Å²) in [6.07, 6.45) is -12.2. The molecule has 0 aliphatic heterocycles. The Labute approximate surface area is 228 Å². The summed E-state index contributed by atoms with van der Waals surface area (Å²) in [5, 5.41) is 0. The van der Waals surface area contributed by atoms with Crippen LogP contribution in [0.1, 0.15) is 30.6 Å². The van der Waals surface area contributed by atoms with E-state index in [0.717, 1.165) is 0 Å². The summed E-state index contributed by atoms with van der Waals surface area (Å²) in [6.45, 7) is -3.02. The number of halogens is 10. The number of alkyl halides is 10. The van der Waals surface area contributed by atoms with Crippen LogP contribution in [-0.2, 0) is 33.3 Å². The molecule has 0 spiro atoms. The molecule has 238 valence electrons. The zero-order valence-corrected chi connectivity index (χ0v) is 21.2. The van der Waals surface area contributed by atoms with Crippen molar-refractivity contribution < 1.29 is 91.5 Å². The summed E-state index contributed by atoms with van der Waals surface area (Å²) in [5.74, 6) is -23.2. The van der Waals surface area contributed by atoms with Gasteiger partial charge in [-0.05, 0) is 24.6 Å². The molecule has 42 heavy (non-hydrogen) atoms. The molecule has 0 fully saturated rings. The molecule has 1 rings (SSSR count). The average Bonchev–Trinajstić information content (AvgIpc) is 2.89. The van der Waals surface area contributed by atoms with Crippen molar-refractivity contribution in [3.8, 4) is 11.5 Å². The van der Waals surface area contributed by atoms with Crippen molar-refractivity contribution in [1.82, 2.24) is 0 Å². The topological polar surface area (TPSA) is 124 Å². The Bertz CT molecular complexity index is 1130. The van der Waals surface area contributed by atoms with Crippen molar-refractivity contribution in [2.75, 3.05) is 26.9 Å². The van der Waals surface area contributed by atoms with Gasteiger partial charge in [0.05, 0.1) is 11.5 Å². The van der Waals surface area contributed by atoms with Crippen LogP contribution in [-0.4, -0.2) is 74.9 Å². The molecule has 0 aliphatic rings. The number of ether oxygens (including phenoxy) is 6. The van der Waals surface area contributed by atoms with Gasteiger partial charge in [0.1, 0.15) is 13.2 Å². The van der Waals surface area contributed by atoms with Crippen LogP contribution in [0.2, 0.25) is 0 Å². The maximum atomic E-state index is 14.3. The molecule has 1 aromatic rings. The van der Waals surface area contributed by atoms with Crippen LogP contribution >= 0.6 is 0 Å². The molecule has 20 heteroatoms. The maximum absolute atomic E-state index is 14.3. The van der Waals surface area contributed by atoms with Gasteiger partial charge >= 0.3 is 47.9 Å². The summed E-state index contributed by atoms with van der Waals surface area (Å²) in [4.78, 5) is 47.7. The number of carbonyl (C=O) groups is 4. The van der Waals surface area contributed by atoms with Gasteiger partial charge in [-0.15, -0.1) is 0 Å². The predicted molar refractivity (Wildman–Crippen MR) is 112 cm³/mol. The van der Waals surface area contributed by atoms with E-state index in [0.29, 0.717) is 12.5 Å². The molecule has 0 saturated carbocycles. The second-order valence-corrected chi connectivity index (χ2v) is 7.75. The van der Waals surface area contributed by atoms with Gasteiger partial charge in [0.25, 0.3) is 0 Å². The molecule has 0 bridgehead atoms. The molecule has 0 aromatic heterocycles. The van der Waals surface area contributed by atoms with E-state index in [2.05, 4.69) is 18.9 Å². The van der Waals surface area contributed by atoms with Gasteiger partial charge in [-0.25, -0.2) is 23.2 Å². The molecule has 1 aromatic carbocycles. The minimum Gasteiger partial charge on any atom is -0.462 e. The van der Waals surface area contributed by atoms with Crippen LogP contribution in [0.3, 0.4) is 0 Å². The Balaban J connectivity index is 3.40. The first kappa shape index (κ1) is 36.3. The Morgan fingerprint density at radius 1 is 0.738 bits per heavy atom. The maximum Gasteiger partial charge on any atom is 0.460 e. The first-order chi connectivity index (χ1) is 19.3. The van der Waals surface area contributed by atoms with Crippen molar-refractivity contribution in [2.45, 2.75) is 44.3 Å². The molecule has 0 N–H and O–H groups in total. The summed E-state index contributed by atoms with van der Waals surface area (Å²) < 4.78 is 155. The van der Waals surface area contributed by atoms with Gasteiger partial charge in [-0.1, -0.05) is 13.8 Å². The molecule has 10 nitrogen and oxygen atoms in total. The Morgan fingerprint density at radius 2 is 1.19 bits per heavy atom. The third kappa shape index (κ3) is 8.66. The lowest BCUT2D eigenvalue weighted by molar-refractivity contribution is -0.329. The van der Waals surface area contributed by atoms with Gasteiger partial charge in [0.2, 0.25) is 0 Å². The van der Waals surface area contributed by atoms with Crippen molar-refractivity contribution in [3.05, 3.63) is 23.8 Å². The van der Waals surface area contributed by atoms with Crippen LogP contribution in [0, 0.1) is 5.92 Å². The zero-order chi connectivity index (χ0) is 32.5. The highest BCUT2D eigenvalue weighted by Crippen LogP contribution is 2.40. The highest BCUT2D eigenvalue weighted by molar-refractivity contribution is 5.91. The zero-order valence-electron chi connectivity index (χ0n) is 21.2. The molecule has 3 unspecified atom stereocenters. The summed E-state index contributed by atoms with van der Waals surface area (Å²) in [6, 6.07) is 0.932. The SMILES string of the molecule is CCC(C)C(=O)OCCOC(=O)c1ccc(OC(=O)C(F)(OCF)C(F)(F)F)c(OC(=O)C(F)(OCF)C(F)(F)F)c1. The molecule has 0 aliphatic carbocycles. The third-order valence-corrected chi connectivity index (χ3v) is 4.92. The fourth-order valence-electron chi connectivity index (χ4n) is 2.46. The fraction of sp³-hybridized carbons (Fsp3) is 0.545. The summed E-state index contributed by atoms with van der Waals surface area (Å²) >= 11 is 0. The molecule has 0 amide bonds. The average molecular weight is 634 g/mol. The van der Waals surface area contributed by atoms with E-state index in [1.165, 1.54) is 6.92 Å².